The largest absolute Gasteiger partial charge is 0.333 e. The van der Waals surface area contributed by atoms with E-state index >= 15 is 0 Å². The number of piperazine rings is 1. The Kier molecular flexibility index (Phi) is 5.58. The first-order chi connectivity index (χ1) is 14.1. The SMILES string of the molecule is CC1CN(Cc2ccccc2)CCN1C(=O)c1ccc(-c2ccccc2)[nH]c1=O. The van der Waals surface area contributed by atoms with E-state index < -0.39 is 0 Å². The lowest BCUT2D eigenvalue weighted by Gasteiger charge is -2.39. The third-order valence-corrected chi connectivity index (χ3v) is 5.45. The highest BCUT2D eigenvalue weighted by Gasteiger charge is 2.29. The summed E-state index contributed by atoms with van der Waals surface area (Å²) in [6.07, 6.45) is 0. The van der Waals surface area contributed by atoms with E-state index in [1.54, 1.807) is 12.1 Å². The molecule has 1 aromatic heterocycles. The van der Waals surface area contributed by atoms with Gasteiger partial charge in [-0.1, -0.05) is 60.7 Å². The van der Waals surface area contributed by atoms with Gasteiger partial charge in [0.15, 0.2) is 0 Å². The average molecular weight is 387 g/mol. The summed E-state index contributed by atoms with van der Waals surface area (Å²) < 4.78 is 0. The van der Waals surface area contributed by atoms with Crippen molar-refractivity contribution in [2.45, 2.75) is 19.5 Å². The molecule has 29 heavy (non-hydrogen) atoms. The molecule has 0 saturated carbocycles. The van der Waals surface area contributed by atoms with Crippen LogP contribution in [-0.4, -0.2) is 46.4 Å². The Hall–Kier alpha value is -3.18. The summed E-state index contributed by atoms with van der Waals surface area (Å²) in [5.41, 5.74) is 2.77. The Balaban J connectivity index is 1.45. The fourth-order valence-corrected chi connectivity index (χ4v) is 3.90. The van der Waals surface area contributed by atoms with Gasteiger partial charge in [-0.05, 0) is 30.2 Å². The van der Waals surface area contributed by atoms with E-state index in [2.05, 4.69) is 22.0 Å². The molecule has 1 fully saturated rings. The molecule has 1 saturated heterocycles. The van der Waals surface area contributed by atoms with Crippen molar-refractivity contribution in [1.82, 2.24) is 14.8 Å². The Morgan fingerprint density at radius 2 is 1.66 bits per heavy atom. The number of aromatic amines is 1. The van der Waals surface area contributed by atoms with Crippen molar-refractivity contribution >= 4 is 5.91 Å². The zero-order valence-corrected chi connectivity index (χ0v) is 16.5. The lowest BCUT2D eigenvalue weighted by atomic mass is 10.1. The lowest BCUT2D eigenvalue weighted by Crippen LogP contribution is -2.54. The predicted molar refractivity (Wildman–Crippen MR) is 115 cm³/mol. The molecule has 2 heterocycles. The summed E-state index contributed by atoms with van der Waals surface area (Å²) in [6.45, 7) is 5.12. The van der Waals surface area contributed by atoms with E-state index in [-0.39, 0.29) is 23.1 Å². The maximum Gasteiger partial charge on any atom is 0.261 e. The molecule has 1 atom stereocenters. The van der Waals surface area contributed by atoms with Crippen molar-refractivity contribution < 1.29 is 4.79 Å². The number of carbonyl (C=O) groups is 1. The molecule has 0 spiro atoms. The lowest BCUT2D eigenvalue weighted by molar-refractivity contribution is 0.0474. The molecule has 1 unspecified atom stereocenters. The number of pyridine rings is 1. The fraction of sp³-hybridized carbons (Fsp3) is 0.250. The molecule has 2 aromatic carbocycles. The minimum absolute atomic E-state index is 0.0492. The molecule has 0 radical (unpaired) electrons. The summed E-state index contributed by atoms with van der Waals surface area (Å²) in [6, 6.07) is 23.5. The Morgan fingerprint density at radius 3 is 2.31 bits per heavy atom. The van der Waals surface area contributed by atoms with Gasteiger partial charge in [-0.15, -0.1) is 0 Å². The number of H-pyrrole nitrogens is 1. The van der Waals surface area contributed by atoms with Crippen LogP contribution in [0.15, 0.2) is 77.6 Å². The molecular weight excluding hydrogens is 362 g/mol. The molecule has 1 amide bonds. The number of rotatable bonds is 4. The fourth-order valence-electron chi connectivity index (χ4n) is 3.90. The van der Waals surface area contributed by atoms with Crippen LogP contribution in [0, 0.1) is 0 Å². The first kappa shape index (κ1) is 19.2. The standard InChI is InChI=1S/C24H25N3O2/c1-18-16-26(17-19-8-4-2-5-9-19)14-15-27(18)24(29)21-12-13-22(25-23(21)28)20-10-6-3-7-11-20/h2-13,18H,14-17H2,1H3,(H,25,28). The van der Waals surface area contributed by atoms with E-state index in [9.17, 15) is 9.59 Å². The molecule has 0 aliphatic carbocycles. The van der Waals surface area contributed by atoms with Crippen LogP contribution in [0.1, 0.15) is 22.8 Å². The normalized spacial score (nSPS) is 17.3. The van der Waals surface area contributed by atoms with Gasteiger partial charge in [0, 0.05) is 37.9 Å². The van der Waals surface area contributed by atoms with E-state index in [1.807, 2.05) is 60.4 Å². The van der Waals surface area contributed by atoms with Gasteiger partial charge in [0.05, 0.1) is 0 Å². The quantitative estimate of drug-likeness (QED) is 0.747. The average Bonchev–Trinajstić information content (AvgIpc) is 2.75. The highest BCUT2D eigenvalue weighted by molar-refractivity contribution is 5.94. The summed E-state index contributed by atoms with van der Waals surface area (Å²) in [5.74, 6) is -0.197. The number of nitrogens with one attached hydrogen (secondary N) is 1. The van der Waals surface area contributed by atoms with Gasteiger partial charge in [0.2, 0.25) is 0 Å². The molecule has 5 heteroatoms. The molecule has 3 aromatic rings. The molecule has 1 aliphatic rings. The zero-order valence-electron chi connectivity index (χ0n) is 16.5. The summed E-state index contributed by atoms with van der Waals surface area (Å²) >= 11 is 0. The van der Waals surface area contributed by atoms with Crippen LogP contribution in [-0.2, 0) is 6.54 Å². The van der Waals surface area contributed by atoms with Crippen molar-refractivity contribution in [2.24, 2.45) is 0 Å². The van der Waals surface area contributed by atoms with Crippen molar-refractivity contribution in [2.75, 3.05) is 19.6 Å². The molecule has 1 N–H and O–H groups in total. The van der Waals surface area contributed by atoms with E-state index in [1.165, 1.54) is 5.56 Å². The summed E-state index contributed by atoms with van der Waals surface area (Å²) in [4.78, 5) is 32.6. The number of benzene rings is 2. The number of amides is 1. The number of nitrogens with zero attached hydrogens (tertiary/aromatic N) is 2. The van der Waals surface area contributed by atoms with Crippen molar-refractivity contribution in [3.8, 4) is 11.3 Å². The Bertz CT molecular complexity index is 1030. The molecule has 4 rings (SSSR count). The maximum atomic E-state index is 13.0. The van der Waals surface area contributed by atoms with Gasteiger partial charge >= 0.3 is 0 Å². The molecular formula is C24H25N3O2. The Morgan fingerprint density at radius 1 is 0.966 bits per heavy atom. The van der Waals surface area contributed by atoms with Gasteiger partial charge in [0.1, 0.15) is 5.56 Å². The monoisotopic (exact) mass is 387 g/mol. The second-order valence-corrected chi connectivity index (χ2v) is 7.55. The predicted octanol–water partition coefficient (Wildman–Crippen LogP) is 3.39. The first-order valence-electron chi connectivity index (χ1n) is 9.98. The third-order valence-electron chi connectivity index (χ3n) is 5.45. The third kappa shape index (κ3) is 4.30. The smallest absolute Gasteiger partial charge is 0.261 e. The van der Waals surface area contributed by atoms with Gasteiger partial charge in [0.25, 0.3) is 11.5 Å². The van der Waals surface area contributed by atoms with E-state index in [0.717, 1.165) is 25.2 Å². The molecule has 0 bridgehead atoms. The van der Waals surface area contributed by atoms with E-state index in [4.69, 9.17) is 0 Å². The van der Waals surface area contributed by atoms with E-state index in [0.29, 0.717) is 12.2 Å². The summed E-state index contributed by atoms with van der Waals surface area (Å²) in [5, 5.41) is 0. The van der Waals surface area contributed by atoms with Crippen LogP contribution in [0.2, 0.25) is 0 Å². The number of hydrogen-bond donors (Lipinski definition) is 1. The minimum atomic E-state index is -0.338. The first-order valence-corrected chi connectivity index (χ1v) is 9.98. The van der Waals surface area contributed by atoms with Crippen LogP contribution < -0.4 is 5.56 Å². The Labute approximate surface area is 170 Å². The second-order valence-electron chi connectivity index (χ2n) is 7.55. The highest BCUT2D eigenvalue weighted by atomic mass is 16.2. The van der Waals surface area contributed by atoms with Gasteiger partial charge in [-0.3, -0.25) is 14.5 Å². The number of hydrogen-bond acceptors (Lipinski definition) is 3. The molecule has 1 aliphatic heterocycles. The van der Waals surface area contributed by atoms with Crippen molar-refractivity contribution in [3.05, 3.63) is 94.3 Å². The maximum absolute atomic E-state index is 13.0. The van der Waals surface area contributed by atoms with Crippen LogP contribution in [0.3, 0.4) is 0 Å². The minimum Gasteiger partial charge on any atom is -0.333 e. The number of aromatic nitrogens is 1. The van der Waals surface area contributed by atoms with Gasteiger partial charge in [-0.2, -0.15) is 0 Å². The molecule has 148 valence electrons. The van der Waals surface area contributed by atoms with Crippen LogP contribution in [0.25, 0.3) is 11.3 Å². The topological polar surface area (TPSA) is 56.4 Å². The zero-order chi connectivity index (χ0) is 20.2. The van der Waals surface area contributed by atoms with Crippen LogP contribution in [0.5, 0.6) is 0 Å². The van der Waals surface area contributed by atoms with Gasteiger partial charge < -0.3 is 9.88 Å². The number of carbonyl (C=O) groups excluding carboxylic acids is 1. The molecule has 5 nitrogen and oxygen atoms in total. The van der Waals surface area contributed by atoms with Crippen molar-refractivity contribution in [1.29, 1.82) is 0 Å². The second kappa shape index (κ2) is 8.45. The van der Waals surface area contributed by atoms with Crippen LogP contribution >= 0.6 is 0 Å². The highest BCUT2D eigenvalue weighted by Crippen LogP contribution is 2.17. The van der Waals surface area contributed by atoms with Crippen LogP contribution in [0.4, 0.5) is 0 Å². The van der Waals surface area contributed by atoms with Crippen molar-refractivity contribution in [3.63, 3.8) is 0 Å². The summed E-state index contributed by atoms with van der Waals surface area (Å²) in [7, 11) is 0. The van der Waals surface area contributed by atoms with Gasteiger partial charge in [-0.25, -0.2) is 0 Å².